The van der Waals surface area contributed by atoms with E-state index in [1.165, 1.54) is 0 Å². The second-order valence-corrected chi connectivity index (χ2v) is 6.08. The van der Waals surface area contributed by atoms with Gasteiger partial charge in [0.2, 0.25) is 5.82 Å². The Kier molecular flexibility index (Phi) is 3.95. The van der Waals surface area contributed by atoms with Crippen molar-refractivity contribution in [3.63, 3.8) is 0 Å². The monoisotopic (exact) mass is 354 g/mol. The molecule has 0 aliphatic rings. The van der Waals surface area contributed by atoms with Gasteiger partial charge in [-0.1, -0.05) is 11.2 Å². The highest BCUT2D eigenvalue weighted by molar-refractivity contribution is 7.13. The van der Waals surface area contributed by atoms with Crippen LogP contribution in [0.5, 0.6) is 11.5 Å². The van der Waals surface area contributed by atoms with Gasteiger partial charge in [0.1, 0.15) is 11.5 Å². The number of aromatic amines is 1. The lowest BCUT2D eigenvalue weighted by Crippen LogP contribution is -1.91. The highest BCUT2D eigenvalue weighted by atomic mass is 32.1. The van der Waals surface area contributed by atoms with E-state index in [1.807, 2.05) is 35.7 Å². The van der Waals surface area contributed by atoms with Gasteiger partial charge in [0, 0.05) is 6.07 Å². The second kappa shape index (κ2) is 6.40. The molecule has 4 aromatic rings. The largest absolute Gasteiger partial charge is 0.497 e. The molecule has 4 rings (SSSR count). The van der Waals surface area contributed by atoms with Crippen molar-refractivity contribution in [3.05, 3.63) is 41.8 Å². The van der Waals surface area contributed by atoms with Crippen molar-refractivity contribution in [1.29, 1.82) is 0 Å². The van der Waals surface area contributed by atoms with Gasteiger partial charge in [-0.15, -0.1) is 11.3 Å². The van der Waals surface area contributed by atoms with E-state index in [1.54, 1.807) is 31.6 Å². The van der Waals surface area contributed by atoms with Crippen LogP contribution in [0.15, 0.2) is 46.3 Å². The van der Waals surface area contributed by atoms with E-state index in [0.29, 0.717) is 34.5 Å². The maximum atomic E-state index is 5.39. The molecule has 126 valence electrons. The van der Waals surface area contributed by atoms with Gasteiger partial charge in [-0.05, 0) is 29.6 Å². The zero-order chi connectivity index (χ0) is 17.2. The van der Waals surface area contributed by atoms with E-state index in [9.17, 15) is 0 Å². The number of H-pyrrole nitrogens is 1. The molecule has 25 heavy (non-hydrogen) atoms. The first-order valence-corrected chi connectivity index (χ1v) is 8.32. The lowest BCUT2D eigenvalue weighted by molar-refractivity contribution is 0.394. The third-order valence-electron chi connectivity index (χ3n) is 3.66. The first-order valence-electron chi connectivity index (χ1n) is 7.44. The summed E-state index contributed by atoms with van der Waals surface area (Å²) in [5.74, 6) is 2.06. The summed E-state index contributed by atoms with van der Waals surface area (Å²) in [6.45, 7) is 0. The molecule has 0 aliphatic heterocycles. The lowest BCUT2D eigenvalue weighted by atomic mass is 10.2. The van der Waals surface area contributed by atoms with Crippen LogP contribution in [0.2, 0.25) is 0 Å². The molecular formula is C17H14N4O3S. The highest BCUT2D eigenvalue weighted by Crippen LogP contribution is 2.33. The number of aromatic nitrogens is 4. The van der Waals surface area contributed by atoms with Gasteiger partial charge < -0.3 is 14.0 Å². The fraction of sp³-hybridized carbons (Fsp3) is 0.118. The van der Waals surface area contributed by atoms with Gasteiger partial charge in [0.25, 0.3) is 5.89 Å². The van der Waals surface area contributed by atoms with E-state index in [4.69, 9.17) is 14.0 Å². The van der Waals surface area contributed by atoms with Crippen molar-refractivity contribution in [1.82, 2.24) is 20.3 Å². The molecule has 0 aliphatic carbocycles. The van der Waals surface area contributed by atoms with Crippen molar-refractivity contribution in [2.75, 3.05) is 14.2 Å². The zero-order valence-electron chi connectivity index (χ0n) is 13.5. The minimum atomic E-state index is 0.340. The molecule has 7 nitrogen and oxygen atoms in total. The first kappa shape index (κ1) is 15.4. The Labute approximate surface area is 147 Å². The zero-order valence-corrected chi connectivity index (χ0v) is 14.3. The maximum Gasteiger partial charge on any atom is 0.278 e. The van der Waals surface area contributed by atoms with Crippen molar-refractivity contribution in [3.8, 4) is 45.0 Å². The summed E-state index contributed by atoms with van der Waals surface area (Å²) >= 11 is 1.63. The predicted octanol–water partition coefficient (Wildman–Crippen LogP) is 3.87. The average molecular weight is 354 g/mol. The molecule has 1 N–H and O–H groups in total. The average Bonchev–Trinajstić information content (AvgIpc) is 3.41. The van der Waals surface area contributed by atoms with Crippen LogP contribution < -0.4 is 9.47 Å². The van der Waals surface area contributed by atoms with Gasteiger partial charge in [0.15, 0.2) is 5.69 Å². The minimum Gasteiger partial charge on any atom is -0.497 e. The number of thiophene rings is 1. The van der Waals surface area contributed by atoms with E-state index < -0.39 is 0 Å². The van der Waals surface area contributed by atoms with Crippen molar-refractivity contribution >= 4 is 11.3 Å². The Morgan fingerprint density at radius 3 is 2.80 bits per heavy atom. The Bertz CT molecular complexity index is 991. The van der Waals surface area contributed by atoms with Crippen LogP contribution in [0.3, 0.4) is 0 Å². The molecule has 0 atom stereocenters. The molecule has 8 heteroatoms. The van der Waals surface area contributed by atoms with Crippen LogP contribution in [0.25, 0.3) is 33.5 Å². The van der Waals surface area contributed by atoms with Crippen LogP contribution in [0.4, 0.5) is 0 Å². The summed E-state index contributed by atoms with van der Waals surface area (Å²) in [5.41, 5.74) is 2.22. The van der Waals surface area contributed by atoms with E-state index in [0.717, 1.165) is 10.6 Å². The minimum absolute atomic E-state index is 0.340. The predicted molar refractivity (Wildman–Crippen MR) is 93.7 cm³/mol. The molecule has 0 saturated heterocycles. The molecule has 0 amide bonds. The number of benzene rings is 1. The summed E-state index contributed by atoms with van der Waals surface area (Å²) < 4.78 is 16.0. The van der Waals surface area contributed by atoms with E-state index >= 15 is 0 Å². The van der Waals surface area contributed by atoms with Crippen LogP contribution in [0, 0.1) is 0 Å². The summed E-state index contributed by atoms with van der Waals surface area (Å²) in [5, 5.41) is 13.3. The third-order valence-corrected chi connectivity index (χ3v) is 4.56. The summed E-state index contributed by atoms with van der Waals surface area (Å²) in [4.78, 5) is 5.52. The van der Waals surface area contributed by atoms with E-state index in [-0.39, 0.29) is 0 Å². The van der Waals surface area contributed by atoms with Crippen LogP contribution in [-0.4, -0.2) is 34.6 Å². The Morgan fingerprint density at radius 2 is 2.04 bits per heavy atom. The van der Waals surface area contributed by atoms with E-state index in [2.05, 4.69) is 20.3 Å². The lowest BCUT2D eigenvalue weighted by Gasteiger charge is -2.07. The molecule has 0 radical (unpaired) electrons. The second-order valence-electron chi connectivity index (χ2n) is 5.13. The number of nitrogens with one attached hydrogen (secondary N) is 1. The number of rotatable bonds is 5. The van der Waals surface area contributed by atoms with Crippen LogP contribution >= 0.6 is 11.3 Å². The highest BCUT2D eigenvalue weighted by Gasteiger charge is 2.17. The topological polar surface area (TPSA) is 86.1 Å². The Morgan fingerprint density at radius 1 is 1.12 bits per heavy atom. The first-order chi connectivity index (χ1) is 12.3. The van der Waals surface area contributed by atoms with Gasteiger partial charge in [-0.25, -0.2) is 0 Å². The molecule has 3 heterocycles. The van der Waals surface area contributed by atoms with Crippen LogP contribution in [-0.2, 0) is 0 Å². The van der Waals surface area contributed by atoms with Gasteiger partial charge in [-0.2, -0.15) is 10.1 Å². The Balaban J connectivity index is 1.67. The van der Waals surface area contributed by atoms with Crippen molar-refractivity contribution in [2.24, 2.45) is 0 Å². The number of nitrogens with zero attached hydrogens (tertiary/aromatic N) is 3. The van der Waals surface area contributed by atoms with Gasteiger partial charge in [0.05, 0.1) is 30.4 Å². The molecule has 0 saturated carbocycles. The van der Waals surface area contributed by atoms with Crippen LogP contribution in [0.1, 0.15) is 0 Å². The quantitative estimate of drug-likeness (QED) is 0.585. The summed E-state index contributed by atoms with van der Waals surface area (Å²) in [7, 11) is 3.18. The normalized spacial score (nSPS) is 10.8. The van der Waals surface area contributed by atoms with Gasteiger partial charge in [-0.3, -0.25) is 5.10 Å². The summed E-state index contributed by atoms with van der Waals surface area (Å²) in [6, 6.07) is 11.3. The number of methoxy groups -OCH3 is 2. The molecular weight excluding hydrogens is 340 g/mol. The SMILES string of the molecule is COc1ccc(-c2noc(-c3cc(-c4cccs4)[nH]n3)n2)c(OC)c1. The van der Waals surface area contributed by atoms with Crippen molar-refractivity contribution in [2.45, 2.75) is 0 Å². The molecule has 0 fully saturated rings. The molecule has 1 aromatic carbocycles. The van der Waals surface area contributed by atoms with Gasteiger partial charge >= 0.3 is 0 Å². The summed E-state index contributed by atoms with van der Waals surface area (Å²) in [6.07, 6.45) is 0. The smallest absolute Gasteiger partial charge is 0.278 e. The standard InChI is InChI=1S/C17H14N4O3S/c1-22-10-5-6-11(14(8-10)23-2)16-18-17(24-21-16)13-9-12(19-20-13)15-4-3-7-25-15/h3-9H,1-2H3,(H,19,20). The van der Waals surface area contributed by atoms with Crippen molar-refractivity contribution < 1.29 is 14.0 Å². The fourth-order valence-electron chi connectivity index (χ4n) is 2.41. The molecule has 0 spiro atoms. The Hall–Kier alpha value is -3.13. The number of hydrogen-bond acceptors (Lipinski definition) is 7. The maximum absolute atomic E-state index is 5.39. The molecule has 3 aromatic heterocycles. The molecule has 0 unspecified atom stereocenters. The molecule has 0 bridgehead atoms. The number of hydrogen-bond donors (Lipinski definition) is 1. The third kappa shape index (κ3) is 2.87. The number of ether oxygens (including phenoxy) is 2. The fourth-order valence-corrected chi connectivity index (χ4v) is 3.10.